The molecule has 0 radical (unpaired) electrons. The van der Waals surface area contributed by atoms with Crippen molar-refractivity contribution in [1.82, 2.24) is 10.6 Å². The monoisotopic (exact) mass is 1100 g/mol. The Bertz CT molecular complexity index is 1500. The van der Waals surface area contributed by atoms with Crippen LogP contribution in [0.5, 0.6) is 0 Å². The molecule has 0 heterocycles. The van der Waals surface area contributed by atoms with Crippen LogP contribution in [-0.4, -0.2) is 160 Å². The van der Waals surface area contributed by atoms with Crippen LogP contribution >= 0.6 is 0 Å². The quantitative estimate of drug-likeness (QED) is 0.0229. The van der Waals surface area contributed by atoms with E-state index in [1.54, 1.807) is 0 Å². The molecule has 4 atom stereocenters. The summed E-state index contributed by atoms with van der Waals surface area (Å²) in [5.41, 5.74) is 0. The topological polar surface area (TPSA) is 204 Å². The molecule has 0 aromatic rings. The van der Waals surface area contributed by atoms with Crippen molar-refractivity contribution in [1.29, 1.82) is 0 Å². The molecule has 0 aliphatic carbocycles. The van der Waals surface area contributed by atoms with E-state index < -0.39 is 24.4 Å². The highest BCUT2D eigenvalue weighted by Crippen LogP contribution is 2.18. The van der Waals surface area contributed by atoms with E-state index in [1.165, 1.54) is 59.3 Å². The summed E-state index contributed by atoms with van der Waals surface area (Å²) < 4.78 is 22.1. The molecule has 0 bridgehead atoms. The number of nitrogens with zero attached hydrogens (tertiary/aromatic N) is 2. The van der Waals surface area contributed by atoms with Gasteiger partial charge in [0.2, 0.25) is 11.8 Å². The number of aliphatic hydroxyl groups excluding tert-OH is 2. The minimum absolute atomic E-state index is 0. The molecule has 16 nitrogen and oxygen atoms in total. The second kappa shape index (κ2) is 50.5. The normalized spacial score (nSPS) is 13.0. The number of aliphatic hydroxyl groups is 2. The van der Waals surface area contributed by atoms with Crippen LogP contribution in [0.15, 0.2) is 24.3 Å². The van der Waals surface area contributed by atoms with Gasteiger partial charge < -0.3 is 73.6 Å². The number of rotatable bonds is 44. The number of hydrogen-bond acceptors (Lipinski definition) is 12. The van der Waals surface area contributed by atoms with E-state index in [2.05, 4.69) is 43.6 Å². The molecule has 436 valence electrons. The number of ether oxygens (including phenoxy) is 4. The van der Waals surface area contributed by atoms with Gasteiger partial charge in [-0.2, -0.15) is 0 Å². The number of nitrogens with one attached hydrogen (secondary N) is 2. The zero-order valence-corrected chi connectivity index (χ0v) is 49.4. The van der Waals surface area contributed by atoms with E-state index in [4.69, 9.17) is 18.9 Å². The fourth-order valence-corrected chi connectivity index (χ4v) is 7.65. The van der Waals surface area contributed by atoms with Gasteiger partial charge in [-0.15, -0.1) is 0 Å². The third kappa shape index (κ3) is 52.2. The number of amides is 2. The summed E-state index contributed by atoms with van der Waals surface area (Å²) in [5.74, 6) is -1.43. The number of quaternary nitrogens is 2. The Hall–Kier alpha value is -3.28. The molecule has 4 unspecified atom stereocenters. The number of hydrogen-bond donors (Lipinski definition) is 4. The summed E-state index contributed by atoms with van der Waals surface area (Å²) in [6.45, 7) is 13.4. The highest BCUT2D eigenvalue weighted by atomic mass is 35.5. The Morgan fingerprint density at radius 2 is 0.865 bits per heavy atom. The molecule has 2 amide bonds. The average Bonchev–Trinajstić information content (AvgIpc) is 3.29. The maximum Gasteiger partial charge on any atom is 0.362 e. The second-order valence-electron chi connectivity index (χ2n) is 20.6. The summed E-state index contributed by atoms with van der Waals surface area (Å²) in [5, 5.41) is 26.9. The highest BCUT2D eigenvalue weighted by Gasteiger charge is 2.29. The molecule has 0 aromatic heterocycles. The van der Waals surface area contributed by atoms with E-state index in [-0.39, 0.29) is 86.8 Å². The molecule has 0 saturated heterocycles. The second-order valence-corrected chi connectivity index (χ2v) is 20.6. The number of halogens is 2. The van der Waals surface area contributed by atoms with Crippen molar-refractivity contribution in [3.63, 3.8) is 0 Å². The molecular weight excluding hydrogens is 992 g/mol. The van der Waals surface area contributed by atoms with Crippen LogP contribution in [0, 0.1) is 0 Å². The van der Waals surface area contributed by atoms with E-state index in [0.717, 1.165) is 83.5 Å². The molecule has 0 saturated carbocycles. The van der Waals surface area contributed by atoms with E-state index in [9.17, 15) is 39.0 Å². The first kappa shape index (κ1) is 77.2. The predicted molar refractivity (Wildman–Crippen MR) is 287 cm³/mol. The number of unbranched alkanes of at least 4 members (excludes halogenated alkanes) is 15. The Morgan fingerprint density at radius 3 is 1.26 bits per heavy atom. The third-order valence-electron chi connectivity index (χ3n) is 12.1. The van der Waals surface area contributed by atoms with Crippen molar-refractivity contribution >= 4 is 35.7 Å². The largest absolute Gasteiger partial charge is 1.00 e. The Labute approximate surface area is 461 Å². The van der Waals surface area contributed by atoms with Crippen LogP contribution in [-0.2, 0) is 47.7 Å². The Morgan fingerprint density at radius 1 is 0.500 bits per heavy atom. The van der Waals surface area contributed by atoms with E-state index in [0.29, 0.717) is 67.2 Å². The standard InChI is InChI=1S/C30H55N3O7.C26H50NO5.2ClH/c1-6-7-14-18-28(40-30(38)24-33(4,5)22-23-39-26(3)35)27(36)17-15-12-10-8-9-11-13-16-19-29(37)32-21-20-31-25(2)34;1-6-8-10-11-12-13-14-15-17-18-24(29)25(19-16-9-7-2)32-26(30)22-27(4,5)20-21-31-23(3)28;;/h12,15,27-28,36H,6-11,13-14,16-24H2,1-5H3,(H-,31,32,34,37);15,17,24-25,29H,6-14,16,18-22H2,1-5H3;2*1H/q;+1;;/p-1/b15-12-;17-15-;;. The fraction of sp³-hybridized carbons (Fsp3) is 0.821. The molecule has 0 fully saturated rings. The van der Waals surface area contributed by atoms with Gasteiger partial charge in [0.25, 0.3) is 0 Å². The van der Waals surface area contributed by atoms with Gasteiger partial charge >= 0.3 is 23.9 Å². The van der Waals surface area contributed by atoms with E-state index >= 15 is 0 Å². The zero-order valence-electron chi connectivity index (χ0n) is 47.9. The van der Waals surface area contributed by atoms with Crippen LogP contribution in [0.3, 0.4) is 0 Å². The van der Waals surface area contributed by atoms with Gasteiger partial charge in [0, 0.05) is 40.3 Å². The SMILES string of the molecule is CCCCCC(OC(=O)C[N+](C)(C)CCOC(C)=O)C(O)C/C=C\CCCCCCCC(=O)NCCNC(C)=O.CCCCCCCC/C=C\CC(O)C(CCCCC)OC(=O)C[N+](C)(C)CCOC(C)=O.[Cl-].[Cl-]. The first-order chi connectivity index (χ1) is 34.2. The summed E-state index contributed by atoms with van der Waals surface area (Å²) in [6.07, 6.45) is 29.2. The number of esters is 4. The predicted octanol–water partition coefficient (Wildman–Crippen LogP) is 2.59. The van der Waals surface area contributed by atoms with Gasteiger partial charge in [-0.1, -0.05) is 122 Å². The maximum absolute atomic E-state index is 12.6. The molecule has 18 heteroatoms. The van der Waals surface area contributed by atoms with E-state index in [1.807, 2.05) is 40.3 Å². The third-order valence-corrected chi connectivity index (χ3v) is 12.1. The van der Waals surface area contributed by atoms with Crippen molar-refractivity contribution in [2.24, 2.45) is 0 Å². The first-order valence-electron chi connectivity index (χ1n) is 27.6. The zero-order chi connectivity index (χ0) is 54.5. The number of carbonyl (C=O) groups excluding carboxylic acids is 6. The Balaban J connectivity index is -0.000000660. The lowest BCUT2D eigenvalue weighted by molar-refractivity contribution is -0.883. The lowest BCUT2D eigenvalue weighted by Gasteiger charge is -2.30. The molecule has 0 aliphatic rings. The van der Waals surface area contributed by atoms with Gasteiger partial charge in [0.1, 0.15) is 38.5 Å². The van der Waals surface area contributed by atoms with Crippen molar-refractivity contribution in [3.05, 3.63) is 24.3 Å². The molecule has 0 rings (SSSR count). The molecule has 0 spiro atoms. The summed E-state index contributed by atoms with van der Waals surface area (Å²) in [7, 11) is 7.56. The summed E-state index contributed by atoms with van der Waals surface area (Å²) in [4.78, 5) is 69.7. The smallest absolute Gasteiger partial charge is 0.362 e. The van der Waals surface area contributed by atoms with Crippen LogP contribution in [0.1, 0.15) is 196 Å². The number of carbonyl (C=O) groups is 6. The van der Waals surface area contributed by atoms with Crippen molar-refractivity contribution in [3.8, 4) is 0 Å². The van der Waals surface area contributed by atoms with Gasteiger partial charge in [0.05, 0.1) is 40.4 Å². The highest BCUT2D eigenvalue weighted by molar-refractivity contribution is 5.76. The van der Waals surface area contributed by atoms with Gasteiger partial charge in [-0.3, -0.25) is 19.2 Å². The van der Waals surface area contributed by atoms with Crippen molar-refractivity contribution in [2.75, 3.05) is 80.7 Å². The van der Waals surface area contributed by atoms with Gasteiger partial charge in [-0.05, 0) is 70.6 Å². The van der Waals surface area contributed by atoms with Crippen molar-refractivity contribution in [2.45, 2.75) is 220 Å². The minimum atomic E-state index is -0.752. The Kier molecular flexibility index (Phi) is 52.7. The van der Waals surface area contributed by atoms with Crippen LogP contribution in [0.4, 0.5) is 0 Å². The number of allylic oxidation sites excluding steroid dienone is 2. The minimum Gasteiger partial charge on any atom is -1.00 e. The molecule has 0 aliphatic heterocycles. The molecule has 0 aromatic carbocycles. The summed E-state index contributed by atoms with van der Waals surface area (Å²) >= 11 is 0. The molecule has 74 heavy (non-hydrogen) atoms. The average molecular weight is 1100 g/mol. The first-order valence-corrected chi connectivity index (χ1v) is 27.6. The fourth-order valence-electron chi connectivity index (χ4n) is 7.65. The lowest BCUT2D eigenvalue weighted by Crippen LogP contribution is -3.00. The van der Waals surface area contributed by atoms with Crippen LogP contribution in [0.25, 0.3) is 0 Å². The molecular formula is C56H106Cl2N4O12. The van der Waals surface area contributed by atoms with Gasteiger partial charge in [-0.25, -0.2) is 9.59 Å². The van der Waals surface area contributed by atoms with Crippen LogP contribution in [0.2, 0.25) is 0 Å². The van der Waals surface area contributed by atoms with Crippen molar-refractivity contribution < 1.29 is 91.7 Å². The lowest BCUT2D eigenvalue weighted by atomic mass is 10.0. The summed E-state index contributed by atoms with van der Waals surface area (Å²) in [6, 6.07) is 0. The number of likely N-dealkylation sites (N-methyl/N-ethyl adjacent to an activating group) is 2. The van der Waals surface area contributed by atoms with Crippen LogP contribution < -0.4 is 35.4 Å². The maximum atomic E-state index is 12.6. The van der Waals surface area contributed by atoms with Gasteiger partial charge in [0.15, 0.2) is 13.1 Å². The molecule has 4 N–H and O–H groups in total.